The second-order valence-electron chi connectivity index (χ2n) is 9.40. The number of nitrogens with one attached hydrogen (secondary N) is 2. The topological polar surface area (TPSA) is 87.7 Å². The number of imide groups is 1. The molecule has 0 aliphatic carbocycles. The molecule has 3 aromatic rings. The monoisotopic (exact) mass is 583 g/mol. The van der Waals surface area contributed by atoms with Gasteiger partial charge >= 0.3 is 6.18 Å². The van der Waals surface area contributed by atoms with Crippen molar-refractivity contribution in [1.82, 2.24) is 4.90 Å². The van der Waals surface area contributed by atoms with Gasteiger partial charge in [0.05, 0.1) is 5.56 Å². The zero-order chi connectivity index (χ0) is 29.7. The van der Waals surface area contributed by atoms with E-state index in [4.69, 9.17) is 4.74 Å². The lowest BCUT2D eigenvalue weighted by Gasteiger charge is -2.15. The van der Waals surface area contributed by atoms with E-state index < -0.39 is 29.5 Å². The van der Waals surface area contributed by atoms with Crippen LogP contribution in [0.2, 0.25) is 0 Å². The molecule has 7 nitrogen and oxygen atoms in total. The maximum absolute atomic E-state index is 13.4. The Kier molecular flexibility index (Phi) is 9.19. The Morgan fingerprint density at radius 2 is 1.66 bits per heavy atom. The highest BCUT2D eigenvalue weighted by molar-refractivity contribution is 8.04. The van der Waals surface area contributed by atoms with Crippen molar-refractivity contribution in [2.45, 2.75) is 31.3 Å². The van der Waals surface area contributed by atoms with E-state index in [1.807, 2.05) is 32.0 Å². The van der Waals surface area contributed by atoms with Gasteiger partial charge in [-0.25, -0.2) is 0 Å². The number of rotatable bonds is 10. The first-order valence-electron chi connectivity index (χ1n) is 12.7. The highest BCUT2D eigenvalue weighted by atomic mass is 32.2. The third kappa shape index (κ3) is 7.17. The van der Waals surface area contributed by atoms with Crippen molar-refractivity contribution in [3.05, 3.63) is 99.6 Å². The summed E-state index contributed by atoms with van der Waals surface area (Å²) in [5.74, 6) is -1.48. The average molecular weight is 584 g/mol. The first-order valence-corrected chi connectivity index (χ1v) is 13.5. The van der Waals surface area contributed by atoms with E-state index in [9.17, 15) is 27.6 Å². The number of carbonyl (C=O) groups is 3. The summed E-state index contributed by atoms with van der Waals surface area (Å²) in [7, 11) is 1.54. The Morgan fingerprint density at radius 3 is 2.32 bits per heavy atom. The average Bonchev–Trinajstić information content (AvgIpc) is 3.14. The lowest BCUT2D eigenvalue weighted by Crippen LogP contribution is -2.33. The van der Waals surface area contributed by atoms with Crippen molar-refractivity contribution < 1.29 is 32.3 Å². The van der Waals surface area contributed by atoms with Gasteiger partial charge in [-0.1, -0.05) is 23.9 Å². The second kappa shape index (κ2) is 12.6. The van der Waals surface area contributed by atoms with Crippen LogP contribution in [0.5, 0.6) is 0 Å². The van der Waals surface area contributed by atoms with E-state index in [-0.39, 0.29) is 22.7 Å². The van der Waals surface area contributed by atoms with Gasteiger partial charge in [-0.2, -0.15) is 13.2 Å². The third-order valence-electron chi connectivity index (χ3n) is 6.42. The van der Waals surface area contributed by atoms with Gasteiger partial charge in [0.2, 0.25) is 0 Å². The van der Waals surface area contributed by atoms with Gasteiger partial charge in [-0.3, -0.25) is 19.3 Å². The van der Waals surface area contributed by atoms with Crippen molar-refractivity contribution >= 4 is 40.9 Å². The SMILES string of the molecule is COCCCN1C(=O)C(Nc2ccc(C)c(C)c2)=C(Sc2cccc(NC(=O)c3ccc(C(F)(F)F)cc3)c2)C1=O. The zero-order valence-electron chi connectivity index (χ0n) is 22.6. The highest BCUT2D eigenvalue weighted by Crippen LogP contribution is 2.37. The predicted molar refractivity (Wildman–Crippen MR) is 151 cm³/mol. The van der Waals surface area contributed by atoms with Crippen molar-refractivity contribution in [3.63, 3.8) is 0 Å². The number of thioether (sulfide) groups is 1. The number of alkyl halides is 3. The fourth-order valence-corrected chi connectivity index (χ4v) is 5.07. The highest BCUT2D eigenvalue weighted by Gasteiger charge is 2.39. The number of hydrogen-bond donors (Lipinski definition) is 2. The minimum absolute atomic E-state index is 0.0573. The predicted octanol–water partition coefficient (Wildman–Crippen LogP) is 6.40. The summed E-state index contributed by atoms with van der Waals surface area (Å²) in [6.45, 7) is 4.51. The maximum Gasteiger partial charge on any atom is 0.416 e. The molecule has 214 valence electrons. The fraction of sp³-hybridized carbons (Fsp3) is 0.233. The Bertz CT molecular complexity index is 1500. The molecule has 0 atom stereocenters. The number of methoxy groups -OCH3 is 1. The molecule has 11 heteroatoms. The van der Waals surface area contributed by atoms with E-state index >= 15 is 0 Å². The molecule has 0 spiro atoms. The van der Waals surface area contributed by atoms with Gasteiger partial charge in [-0.05, 0) is 86.0 Å². The first kappa shape index (κ1) is 29.9. The van der Waals surface area contributed by atoms with Crippen molar-refractivity contribution in [2.75, 3.05) is 30.9 Å². The molecule has 0 radical (unpaired) electrons. The number of nitrogens with zero attached hydrogens (tertiary/aromatic N) is 1. The summed E-state index contributed by atoms with van der Waals surface area (Å²) in [4.78, 5) is 41.3. The second-order valence-corrected chi connectivity index (χ2v) is 10.5. The van der Waals surface area contributed by atoms with Gasteiger partial charge in [-0.15, -0.1) is 0 Å². The summed E-state index contributed by atoms with van der Waals surface area (Å²) in [5.41, 5.74) is 2.51. The first-order chi connectivity index (χ1) is 19.5. The van der Waals surface area contributed by atoms with Crippen molar-refractivity contribution in [1.29, 1.82) is 0 Å². The summed E-state index contributed by atoms with van der Waals surface area (Å²) < 4.78 is 43.6. The van der Waals surface area contributed by atoms with Crippen molar-refractivity contribution in [2.24, 2.45) is 0 Å². The Labute approximate surface area is 239 Å². The molecule has 0 aromatic heterocycles. The zero-order valence-corrected chi connectivity index (χ0v) is 23.4. The maximum atomic E-state index is 13.4. The number of hydrogen-bond acceptors (Lipinski definition) is 6. The molecule has 0 fully saturated rings. The van der Waals surface area contributed by atoms with Crippen LogP contribution in [0.1, 0.15) is 33.5 Å². The lowest BCUT2D eigenvalue weighted by molar-refractivity contribution is -0.138. The van der Waals surface area contributed by atoms with E-state index in [1.54, 1.807) is 31.4 Å². The number of ether oxygens (including phenoxy) is 1. The molecular formula is C30H28F3N3O4S. The lowest BCUT2D eigenvalue weighted by atomic mass is 10.1. The van der Waals surface area contributed by atoms with Crippen LogP contribution in [0.3, 0.4) is 0 Å². The van der Waals surface area contributed by atoms with Crippen LogP contribution >= 0.6 is 11.8 Å². The van der Waals surface area contributed by atoms with E-state index in [0.29, 0.717) is 29.3 Å². The molecule has 1 aliphatic heterocycles. The standard InChI is InChI=1S/C30H28F3N3O4S/c1-18-8-13-23(16-19(18)2)34-25-26(29(39)36(28(25)38)14-5-15-40-3)41-24-7-4-6-22(17-24)35-27(37)20-9-11-21(12-10-20)30(31,32)33/h4,6-13,16-17,34H,5,14-15H2,1-3H3,(H,35,37). The molecule has 0 bridgehead atoms. The largest absolute Gasteiger partial charge is 0.416 e. The van der Waals surface area contributed by atoms with Crippen LogP contribution in [-0.2, 0) is 20.5 Å². The summed E-state index contributed by atoms with van der Waals surface area (Å²) in [6.07, 6.45) is -4.02. The normalized spacial score (nSPS) is 13.7. The smallest absolute Gasteiger partial charge is 0.385 e. The van der Waals surface area contributed by atoms with E-state index in [2.05, 4.69) is 10.6 Å². The van der Waals surface area contributed by atoms with Crippen LogP contribution in [0.25, 0.3) is 0 Å². The number of amides is 3. The number of aryl methyl sites for hydroxylation is 2. The van der Waals surface area contributed by atoms with E-state index in [0.717, 1.165) is 47.2 Å². The van der Waals surface area contributed by atoms with Gasteiger partial charge < -0.3 is 15.4 Å². The fourth-order valence-electron chi connectivity index (χ4n) is 4.06. The minimum atomic E-state index is -4.50. The number of carbonyl (C=O) groups excluding carboxylic acids is 3. The van der Waals surface area contributed by atoms with Crippen LogP contribution < -0.4 is 10.6 Å². The molecule has 0 unspecified atom stereocenters. The number of anilines is 2. The van der Waals surface area contributed by atoms with Crippen LogP contribution in [0.15, 0.2) is 82.2 Å². The third-order valence-corrected chi connectivity index (χ3v) is 7.49. The van der Waals surface area contributed by atoms with Crippen LogP contribution in [0, 0.1) is 13.8 Å². The van der Waals surface area contributed by atoms with Gasteiger partial charge in [0.15, 0.2) is 0 Å². The summed E-state index contributed by atoms with van der Waals surface area (Å²) in [6, 6.07) is 16.2. The molecule has 1 aliphatic rings. The van der Waals surface area contributed by atoms with Gasteiger partial charge in [0, 0.05) is 42.1 Å². The molecule has 1 heterocycles. The Balaban J connectivity index is 1.57. The van der Waals surface area contributed by atoms with Gasteiger partial charge in [0.1, 0.15) is 10.6 Å². The Morgan fingerprint density at radius 1 is 0.927 bits per heavy atom. The summed E-state index contributed by atoms with van der Waals surface area (Å²) in [5, 5.41) is 5.79. The van der Waals surface area contributed by atoms with E-state index in [1.165, 1.54) is 4.90 Å². The van der Waals surface area contributed by atoms with Crippen LogP contribution in [-0.4, -0.2) is 42.9 Å². The minimum Gasteiger partial charge on any atom is -0.385 e. The van der Waals surface area contributed by atoms with Crippen LogP contribution in [0.4, 0.5) is 24.5 Å². The molecule has 41 heavy (non-hydrogen) atoms. The molecule has 4 rings (SSSR count). The van der Waals surface area contributed by atoms with Crippen molar-refractivity contribution in [3.8, 4) is 0 Å². The molecular weight excluding hydrogens is 555 g/mol. The Hall–Kier alpha value is -4.09. The molecule has 0 saturated heterocycles. The van der Waals surface area contributed by atoms with Gasteiger partial charge in [0.25, 0.3) is 17.7 Å². The molecule has 2 N–H and O–H groups in total. The molecule has 3 amide bonds. The molecule has 3 aromatic carbocycles. The molecule has 0 saturated carbocycles. The number of halogens is 3. The number of benzene rings is 3. The quantitative estimate of drug-likeness (QED) is 0.212. The summed E-state index contributed by atoms with van der Waals surface area (Å²) >= 11 is 1.08.